The number of nitrogens with two attached hydrogens (primary N) is 1. The van der Waals surface area contributed by atoms with E-state index in [0.29, 0.717) is 22.6 Å². The van der Waals surface area contributed by atoms with E-state index < -0.39 is 12.2 Å². The first-order chi connectivity index (χ1) is 7.95. The lowest BCUT2D eigenvalue weighted by Crippen LogP contribution is -2.34. The first kappa shape index (κ1) is 12.8. The fourth-order valence-electron chi connectivity index (χ4n) is 1.53. The summed E-state index contributed by atoms with van der Waals surface area (Å²) < 4.78 is 0. The average Bonchev–Trinajstić information content (AvgIpc) is 2.25. The highest BCUT2D eigenvalue weighted by atomic mass is 16.4. The fourth-order valence-corrected chi connectivity index (χ4v) is 1.53. The third-order valence-corrected chi connectivity index (χ3v) is 2.40. The Balaban J connectivity index is 3.03. The number of benzene rings is 1. The number of imide groups is 1. The molecule has 0 aliphatic rings. The molecule has 4 N–H and O–H groups in total. The molecule has 0 heterocycles. The number of carboxylic acid groups (broad SMARTS) is 2. The van der Waals surface area contributed by atoms with Crippen molar-refractivity contribution in [3.05, 3.63) is 29.3 Å². The summed E-state index contributed by atoms with van der Waals surface area (Å²) in [4.78, 5) is 21.8. The molecular weight excluding hydrogens is 224 g/mol. The first-order valence-electron chi connectivity index (χ1n) is 5.06. The Morgan fingerprint density at radius 2 is 1.82 bits per heavy atom. The van der Waals surface area contributed by atoms with E-state index in [9.17, 15) is 9.59 Å². The molecule has 6 nitrogen and oxygen atoms in total. The minimum absolute atomic E-state index is 0.209. The van der Waals surface area contributed by atoms with Crippen LogP contribution in [0.5, 0.6) is 0 Å². The van der Waals surface area contributed by atoms with Crippen LogP contribution in [0.1, 0.15) is 18.1 Å². The molecule has 1 aromatic rings. The maximum Gasteiger partial charge on any atom is 0.417 e. The zero-order chi connectivity index (χ0) is 13.0. The van der Waals surface area contributed by atoms with E-state index in [1.807, 2.05) is 6.92 Å². The molecule has 0 saturated heterocycles. The third-order valence-electron chi connectivity index (χ3n) is 2.40. The van der Waals surface area contributed by atoms with Gasteiger partial charge < -0.3 is 15.9 Å². The van der Waals surface area contributed by atoms with Crippen molar-refractivity contribution in [2.24, 2.45) is 0 Å². The highest BCUT2D eigenvalue weighted by Gasteiger charge is 2.20. The molecule has 0 radical (unpaired) electrons. The van der Waals surface area contributed by atoms with Crippen LogP contribution in [0.25, 0.3) is 0 Å². The average molecular weight is 238 g/mol. The Morgan fingerprint density at radius 3 is 2.29 bits per heavy atom. The molecule has 0 aliphatic heterocycles. The second-order valence-electron chi connectivity index (χ2n) is 3.53. The summed E-state index contributed by atoms with van der Waals surface area (Å²) in [5.74, 6) is 0. The lowest BCUT2D eigenvalue weighted by molar-refractivity contribution is 0.120. The van der Waals surface area contributed by atoms with Crippen LogP contribution in [0.4, 0.5) is 15.3 Å². The molecule has 0 atom stereocenters. The first-order valence-corrected chi connectivity index (χ1v) is 5.06. The normalized spacial score (nSPS) is 9.94. The minimum atomic E-state index is -1.50. The number of rotatable bonds is 3. The van der Waals surface area contributed by atoms with Crippen LogP contribution in [-0.2, 0) is 13.0 Å². The van der Waals surface area contributed by atoms with Crippen LogP contribution in [0.2, 0.25) is 0 Å². The monoisotopic (exact) mass is 238 g/mol. The van der Waals surface area contributed by atoms with Gasteiger partial charge in [-0.3, -0.25) is 0 Å². The molecule has 6 heteroatoms. The number of hydrogen-bond acceptors (Lipinski definition) is 3. The van der Waals surface area contributed by atoms with E-state index in [1.165, 1.54) is 0 Å². The zero-order valence-electron chi connectivity index (χ0n) is 9.38. The Labute approximate surface area is 98.3 Å². The van der Waals surface area contributed by atoms with Crippen LogP contribution in [0.15, 0.2) is 18.2 Å². The summed E-state index contributed by atoms with van der Waals surface area (Å²) in [5.41, 5.74) is 7.57. The van der Waals surface area contributed by atoms with Crippen molar-refractivity contribution in [1.82, 2.24) is 4.90 Å². The van der Waals surface area contributed by atoms with Crippen molar-refractivity contribution >= 4 is 17.9 Å². The van der Waals surface area contributed by atoms with Gasteiger partial charge in [-0.15, -0.1) is 0 Å². The predicted molar refractivity (Wildman–Crippen MR) is 61.8 cm³/mol. The van der Waals surface area contributed by atoms with Gasteiger partial charge in [0.2, 0.25) is 0 Å². The van der Waals surface area contributed by atoms with Crippen LogP contribution in [0.3, 0.4) is 0 Å². The lowest BCUT2D eigenvalue weighted by atomic mass is 10.0. The third kappa shape index (κ3) is 3.10. The van der Waals surface area contributed by atoms with Gasteiger partial charge in [0.15, 0.2) is 0 Å². The van der Waals surface area contributed by atoms with Gasteiger partial charge in [0.05, 0.1) is 6.54 Å². The van der Waals surface area contributed by atoms with Gasteiger partial charge in [-0.25, -0.2) is 14.5 Å². The Hall–Kier alpha value is -2.24. The maximum atomic E-state index is 10.7. The van der Waals surface area contributed by atoms with Crippen molar-refractivity contribution in [2.45, 2.75) is 19.9 Å². The van der Waals surface area contributed by atoms with Gasteiger partial charge in [-0.2, -0.15) is 0 Å². The van der Waals surface area contributed by atoms with Crippen LogP contribution in [-0.4, -0.2) is 27.3 Å². The number of anilines is 1. The van der Waals surface area contributed by atoms with Crippen molar-refractivity contribution in [3.8, 4) is 0 Å². The molecule has 0 unspecified atom stereocenters. The van der Waals surface area contributed by atoms with E-state index in [2.05, 4.69) is 0 Å². The highest BCUT2D eigenvalue weighted by Crippen LogP contribution is 2.16. The summed E-state index contributed by atoms with van der Waals surface area (Å²) in [5, 5.41) is 17.5. The topological polar surface area (TPSA) is 104 Å². The summed E-state index contributed by atoms with van der Waals surface area (Å²) in [6.45, 7) is 1.69. The molecule has 0 bridgehead atoms. The molecule has 0 aliphatic carbocycles. The summed E-state index contributed by atoms with van der Waals surface area (Å²) in [6.07, 6.45) is -2.31. The number of aryl methyl sites for hydroxylation is 1. The molecule has 1 rings (SSSR count). The number of nitrogen functional groups attached to an aromatic ring is 1. The van der Waals surface area contributed by atoms with E-state index in [0.717, 1.165) is 5.56 Å². The number of nitrogens with zero attached hydrogens (tertiary/aromatic N) is 1. The summed E-state index contributed by atoms with van der Waals surface area (Å²) in [6, 6.07) is 5.07. The van der Waals surface area contributed by atoms with E-state index in [-0.39, 0.29) is 6.54 Å². The SMILES string of the molecule is CCc1ccc(N)cc1CN(C(=O)O)C(=O)O. The lowest BCUT2D eigenvalue weighted by Gasteiger charge is -2.16. The van der Waals surface area contributed by atoms with E-state index in [1.54, 1.807) is 18.2 Å². The van der Waals surface area contributed by atoms with Gasteiger partial charge in [0, 0.05) is 5.69 Å². The maximum absolute atomic E-state index is 10.7. The van der Waals surface area contributed by atoms with Crippen LogP contribution >= 0.6 is 0 Å². The summed E-state index contributed by atoms with van der Waals surface area (Å²) in [7, 11) is 0. The van der Waals surface area contributed by atoms with Crippen LogP contribution in [0, 0.1) is 0 Å². The second-order valence-corrected chi connectivity index (χ2v) is 3.53. The van der Waals surface area contributed by atoms with Crippen molar-refractivity contribution in [1.29, 1.82) is 0 Å². The Kier molecular flexibility index (Phi) is 3.92. The quantitative estimate of drug-likeness (QED) is 0.698. The standard InChI is InChI=1S/C11H14N2O4/c1-2-7-3-4-9(12)5-8(7)6-13(10(14)15)11(16)17/h3-5H,2,6,12H2,1H3,(H,14,15)(H,16,17). The Bertz CT molecular complexity index is 431. The second kappa shape index (κ2) is 5.20. The molecular formula is C11H14N2O4. The van der Waals surface area contributed by atoms with Crippen molar-refractivity contribution < 1.29 is 19.8 Å². The summed E-state index contributed by atoms with van der Waals surface area (Å²) >= 11 is 0. The minimum Gasteiger partial charge on any atom is -0.465 e. The van der Waals surface area contributed by atoms with E-state index in [4.69, 9.17) is 15.9 Å². The highest BCUT2D eigenvalue weighted by molar-refractivity contribution is 5.85. The fraction of sp³-hybridized carbons (Fsp3) is 0.273. The van der Waals surface area contributed by atoms with Crippen LogP contribution < -0.4 is 5.73 Å². The predicted octanol–water partition coefficient (Wildman–Crippen LogP) is 1.99. The number of amides is 2. The molecule has 0 fully saturated rings. The molecule has 17 heavy (non-hydrogen) atoms. The largest absolute Gasteiger partial charge is 0.465 e. The molecule has 2 amide bonds. The van der Waals surface area contributed by atoms with Gasteiger partial charge in [-0.05, 0) is 29.7 Å². The Morgan fingerprint density at radius 1 is 1.24 bits per heavy atom. The number of hydrogen-bond donors (Lipinski definition) is 3. The van der Waals surface area contributed by atoms with E-state index >= 15 is 0 Å². The van der Waals surface area contributed by atoms with Gasteiger partial charge in [0.25, 0.3) is 0 Å². The van der Waals surface area contributed by atoms with Gasteiger partial charge >= 0.3 is 12.2 Å². The van der Waals surface area contributed by atoms with Crippen molar-refractivity contribution in [3.63, 3.8) is 0 Å². The number of carbonyl (C=O) groups is 2. The molecule has 0 aromatic heterocycles. The van der Waals surface area contributed by atoms with Gasteiger partial charge in [-0.1, -0.05) is 13.0 Å². The molecule has 1 aromatic carbocycles. The smallest absolute Gasteiger partial charge is 0.417 e. The van der Waals surface area contributed by atoms with Gasteiger partial charge in [0.1, 0.15) is 0 Å². The zero-order valence-corrected chi connectivity index (χ0v) is 9.38. The molecule has 0 spiro atoms. The molecule has 92 valence electrons. The molecule has 0 saturated carbocycles. The van der Waals surface area contributed by atoms with Crippen molar-refractivity contribution in [2.75, 3.05) is 5.73 Å².